The second kappa shape index (κ2) is 4.63. The van der Waals surface area contributed by atoms with Gasteiger partial charge in [0.25, 0.3) is 0 Å². The van der Waals surface area contributed by atoms with E-state index in [1.807, 2.05) is 0 Å². The SMILES string of the molecule is CC1CC(O)CN1CCC1CCCC1. The van der Waals surface area contributed by atoms with Crippen LogP contribution in [0.2, 0.25) is 0 Å². The Kier molecular flexibility index (Phi) is 3.45. The molecular formula is C12H23NO. The van der Waals surface area contributed by atoms with Crippen molar-refractivity contribution in [3.05, 3.63) is 0 Å². The van der Waals surface area contributed by atoms with Gasteiger partial charge in [0, 0.05) is 12.6 Å². The van der Waals surface area contributed by atoms with Crippen molar-refractivity contribution in [2.45, 2.75) is 57.6 Å². The highest BCUT2D eigenvalue weighted by Crippen LogP contribution is 2.28. The third kappa shape index (κ3) is 2.48. The highest BCUT2D eigenvalue weighted by atomic mass is 16.3. The molecule has 1 aliphatic heterocycles. The van der Waals surface area contributed by atoms with Gasteiger partial charge in [-0.05, 0) is 32.2 Å². The maximum atomic E-state index is 9.52. The average Bonchev–Trinajstić information content (AvgIpc) is 2.72. The van der Waals surface area contributed by atoms with Crippen LogP contribution in [-0.4, -0.2) is 35.2 Å². The molecule has 0 amide bonds. The molecular weight excluding hydrogens is 174 g/mol. The number of nitrogens with zero attached hydrogens (tertiary/aromatic N) is 1. The summed E-state index contributed by atoms with van der Waals surface area (Å²) in [5.74, 6) is 0.986. The van der Waals surface area contributed by atoms with Gasteiger partial charge in [-0.15, -0.1) is 0 Å². The topological polar surface area (TPSA) is 23.5 Å². The standard InChI is InChI=1S/C12H23NO/c1-10-8-12(14)9-13(10)7-6-11-4-2-3-5-11/h10-12,14H,2-9H2,1H3. The van der Waals surface area contributed by atoms with E-state index in [0.29, 0.717) is 6.04 Å². The van der Waals surface area contributed by atoms with Crippen molar-refractivity contribution in [2.75, 3.05) is 13.1 Å². The van der Waals surface area contributed by atoms with Gasteiger partial charge in [-0.3, -0.25) is 4.90 Å². The Labute approximate surface area is 87.3 Å². The summed E-state index contributed by atoms with van der Waals surface area (Å²) in [7, 11) is 0. The summed E-state index contributed by atoms with van der Waals surface area (Å²) in [4.78, 5) is 2.46. The molecule has 1 aliphatic carbocycles. The summed E-state index contributed by atoms with van der Waals surface area (Å²) in [5.41, 5.74) is 0. The molecule has 0 radical (unpaired) electrons. The van der Waals surface area contributed by atoms with Crippen molar-refractivity contribution in [3.8, 4) is 0 Å². The fourth-order valence-corrected chi connectivity index (χ4v) is 3.03. The number of β-amino-alcohol motifs (C(OH)–C–C–N with tert-alkyl or cyclic N) is 1. The fraction of sp³-hybridized carbons (Fsp3) is 1.00. The Morgan fingerprint density at radius 2 is 2.00 bits per heavy atom. The maximum absolute atomic E-state index is 9.52. The largest absolute Gasteiger partial charge is 0.392 e. The Bertz CT molecular complexity index is 177. The molecule has 2 rings (SSSR count). The summed E-state index contributed by atoms with van der Waals surface area (Å²) < 4.78 is 0. The third-order valence-corrected chi connectivity index (χ3v) is 3.98. The lowest BCUT2D eigenvalue weighted by atomic mass is 10.0. The minimum atomic E-state index is -0.0615. The van der Waals surface area contributed by atoms with Crippen LogP contribution in [0.4, 0.5) is 0 Å². The molecule has 0 aromatic heterocycles. The van der Waals surface area contributed by atoms with Crippen LogP contribution in [-0.2, 0) is 0 Å². The van der Waals surface area contributed by atoms with E-state index < -0.39 is 0 Å². The molecule has 1 saturated heterocycles. The first-order chi connectivity index (χ1) is 6.75. The summed E-state index contributed by atoms with van der Waals surface area (Å²) in [6.45, 7) is 4.36. The van der Waals surface area contributed by atoms with Crippen LogP contribution < -0.4 is 0 Å². The van der Waals surface area contributed by atoms with Gasteiger partial charge in [0.1, 0.15) is 0 Å². The van der Waals surface area contributed by atoms with E-state index in [-0.39, 0.29) is 6.10 Å². The first-order valence-electron chi connectivity index (χ1n) is 6.18. The number of aliphatic hydroxyl groups is 1. The van der Waals surface area contributed by atoms with E-state index in [4.69, 9.17) is 0 Å². The fourth-order valence-electron chi connectivity index (χ4n) is 3.03. The molecule has 1 N–H and O–H groups in total. The lowest BCUT2D eigenvalue weighted by Crippen LogP contribution is -2.29. The van der Waals surface area contributed by atoms with Gasteiger partial charge in [-0.1, -0.05) is 25.7 Å². The summed E-state index contributed by atoms with van der Waals surface area (Å²) >= 11 is 0. The molecule has 1 heterocycles. The zero-order valence-corrected chi connectivity index (χ0v) is 9.28. The Hall–Kier alpha value is -0.0800. The molecule has 2 heteroatoms. The van der Waals surface area contributed by atoms with Crippen LogP contribution in [0.25, 0.3) is 0 Å². The lowest BCUT2D eigenvalue weighted by Gasteiger charge is -2.22. The molecule has 82 valence electrons. The second-order valence-corrected chi connectivity index (χ2v) is 5.17. The first-order valence-corrected chi connectivity index (χ1v) is 6.18. The van der Waals surface area contributed by atoms with Gasteiger partial charge in [0.2, 0.25) is 0 Å². The summed E-state index contributed by atoms with van der Waals surface area (Å²) in [6, 6.07) is 0.603. The van der Waals surface area contributed by atoms with E-state index in [0.717, 1.165) is 18.9 Å². The number of hydrogen-bond donors (Lipinski definition) is 1. The predicted molar refractivity (Wildman–Crippen MR) is 58.2 cm³/mol. The quantitative estimate of drug-likeness (QED) is 0.748. The van der Waals surface area contributed by atoms with Crippen LogP contribution in [0, 0.1) is 5.92 Å². The number of rotatable bonds is 3. The first kappa shape index (κ1) is 10.4. The monoisotopic (exact) mass is 197 g/mol. The minimum Gasteiger partial charge on any atom is -0.392 e. The van der Waals surface area contributed by atoms with Crippen LogP contribution in [0.3, 0.4) is 0 Å². The van der Waals surface area contributed by atoms with Crippen LogP contribution >= 0.6 is 0 Å². The van der Waals surface area contributed by atoms with Gasteiger partial charge < -0.3 is 5.11 Å². The molecule has 2 nitrogen and oxygen atoms in total. The summed E-state index contributed by atoms with van der Waals surface area (Å²) in [6.07, 6.45) is 8.07. The van der Waals surface area contributed by atoms with E-state index in [2.05, 4.69) is 11.8 Å². The highest BCUT2D eigenvalue weighted by Gasteiger charge is 2.27. The van der Waals surface area contributed by atoms with Gasteiger partial charge in [0.05, 0.1) is 6.10 Å². The summed E-state index contributed by atoms with van der Waals surface area (Å²) in [5, 5.41) is 9.52. The van der Waals surface area contributed by atoms with E-state index in [1.54, 1.807) is 0 Å². The number of aliphatic hydroxyl groups excluding tert-OH is 1. The van der Waals surface area contributed by atoms with E-state index in [1.165, 1.54) is 38.6 Å². The van der Waals surface area contributed by atoms with Crippen molar-refractivity contribution < 1.29 is 5.11 Å². The zero-order chi connectivity index (χ0) is 9.97. The molecule has 2 unspecified atom stereocenters. The smallest absolute Gasteiger partial charge is 0.0682 e. The third-order valence-electron chi connectivity index (χ3n) is 3.98. The second-order valence-electron chi connectivity index (χ2n) is 5.17. The van der Waals surface area contributed by atoms with E-state index >= 15 is 0 Å². The van der Waals surface area contributed by atoms with Crippen LogP contribution in [0.15, 0.2) is 0 Å². The van der Waals surface area contributed by atoms with Crippen molar-refractivity contribution in [3.63, 3.8) is 0 Å². The van der Waals surface area contributed by atoms with Gasteiger partial charge in [0.15, 0.2) is 0 Å². The van der Waals surface area contributed by atoms with Crippen molar-refractivity contribution in [1.29, 1.82) is 0 Å². The van der Waals surface area contributed by atoms with Crippen LogP contribution in [0.5, 0.6) is 0 Å². The molecule has 14 heavy (non-hydrogen) atoms. The van der Waals surface area contributed by atoms with Gasteiger partial charge in [-0.2, -0.15) is 0 Å². The molecule has 0 aromatic rings. The van der Waals surface area contributed by atoms with Crippen molar-refractivity contribution in [2.24, 2.45) is 5.92 Å². The number of hydrogen-bond acceptors (Lipinski definition) is 2. The predicted octanol–water partition coefficient (Wildman–Crippen LogP) is 2.02. The van der Waals surface area contributed by atoms with Crippen LogP contribution in [0.1, 0.15) is 45.4 Å². The van der Waals surface area contributed by atoms with Gasteiger partial charge >= 0.3 is 0 Å². The van der Waals surface area contributed by atoms with Gasteiger partial charge in [-0.25, -0.2) is 0 Å². The highest BCUT2D eigenvalue weighted by molar-refractivity contribution is 4.82. The normalized spacial score (nSPS) is 35.6. The molecule has 2 fully saturated rings. The Morgan fingerprint density at radius 3 is 2.57 bits per heavy atom. The van der Waals surface area contributed by atoms with Crippen molar-refractivity contribution in [1.82, 2.24) is 4.90 Å². The molecule has 0 spiro atoms. The minimum absolute atomic E-state index is 0.0615. The van der Waals surface area contributed by atoms with Crippen molar-refractivity contribution >= 4 is 0 Å². The maximum Gasteiger partial charge on any atom is 0.0682 e. The lowest BCUT2D eigenvalue weighted by molar-refractivity contribution is 0.172. The van der Waals surface area contributed by atoms with E-state index in [9.17, 15) is 5.11 Å². The molecule has 0 aromatic carbocycles. The zero-order valence-electron chi connectivity index (χ0n) is 9.28. The molecule has 2 aliphatic rings. The number of likely N-dealkylation sites (tertiary alicyclic amines) is 1. The Balaban J connectivity index is 1.69. The molecule has 2 atom stereocenters. The Morgan fingerprint density at radius 1 is 1.29 bits per heavy atom. The molecule has 1 saturated carbocycles. The molecule has 0 bridgehead atoms. The average molecular weight is 197 g/mol.